The maximum absolute atomic E-state index is 5.78. The van der Waals surface area contributed by atoms with Gasteiger partial charge in [0.2, 0.25) is 0 Å². The minimum atomic E-state index is -1.33. The van der Waals surface area contributed by atoms with Crippen LogP contribution in [0.1, 0.15) is 0 Å². The average molecular weight is 194 g/mol. The molecular formula is C9H14OSi2. The molecule has 1 aromatic carbocycles. The van der Waals surface area contributed by atoms with Crippen molar-refractivity contribution >= 4 is 23.3 Å². The monoisotopic (exact) mass is 194 g/mol. The molecule has 0 amide bonds. The van der Waals surface area contributed by atoms with Crippen LogP contribution >= 0.6 is 0 Å². The van der Waals surface area contributed by atoms with Gasteiger partial charge in [-0.3, -0.25) is 0 Å². The van der Waals surface area contributed by atoms with Crippen LogP contribution in [0, 0.1) is 0 Å². The van der Waals surface area contributed by atoms with Crippen LogP contribution in [0.25, 0.3) is 0 Å². The van der Waals surface area contributed by atoms with Gasteiger partial charge in [-0.1, -0.05) is 30.3 Å². The van der Waals surface area contributed by atoms with Crippen molar-refractivity contribution in [2.24, 2.45) is 0 Å². The summed E-state index contributed by atoms with van der Waals surface area (Å²) >= 11 is 0. The summed E-state index contributed by atoms with van der Waals surface area (Å²) in [4.78, 5) is 0. The van der Waals surface area contributed by atoms with Gasteiger partial charge in [0.25, 0.3) is 9.76 Å². The quantitative estimate of drug-likeness (QED) is 0.667. The van der Waals surface area contributed by atoms with E-state index in [1.165, 1.54) is 5.19 Å². The Morgan fingerprint density at radius 1 is 1.08 bits per heavy atom. The number of hydrogen-bond donors (Lipinski definition) is 0. The first kappa shape index (κ1) is 9.70. The van der Waals surface area contributed by atoms with Crippen LogP contribution in [0.2, 0.25) is 19.6 Å². The summed E-state index contributed by atoms with van der Waals surface area (Å²) in [6.07, 6.45) is 0. The van der Waals surface area contributed by atoms with Gasteiger partial charge in [0.1, 0.15) is 0 Å². The van der Waals surface area contributed by atoms with E-state index in [1.807, 2.05) is 6.07 Å². The zero-order valence-electron chi connectivity index (χ0n) is 7.79. The van der Waals surface area contributed by atoms with Crippen molar-refractivity contribution in [3.8, 4) is 0 Å². The standard InChI is InChI=1S/C9H14OSi2/c1-12(2,3)10-11-9-7-5-4-6-8-9/h4-8H,1-3H3. The highest BCUT2D eigenvalue weighted by Gasteiger charge is 2.13. The third kappa shape index (κ3) is 3.85. The van der Waals surface area contributed by atoms with E-state index in [0.29, 0.717) is 9.76 Å². The Bertz CT molecular complexity index is 228. The molecule has 0 unspecified atom stereocenters. The molecule has 0 aliphatic carbocycles. The third-order valence-electron chi connectivity index (χ3n) is 1.25. The van der Waals surface area contributed by atoms with Crippen molar-refractivity contribution in [1.29, 1.82) is 0 Å². The molecule has 0 aromatic heterocycles. The van der Waals surface area contributed by atoms with Gasteiger partial charge < -0.3 is 4.12 Å². The Morgan fingerprint density at radius 3 is 2.17 bits per heavy atom. The maximum Gasteiger partial charge on any atom is 0.256 e. The third-order valence-corrected chi connectivity index (χ3v) is 4.68. The van der Waals surface area contributed by atoms with E-state index in [4.69, 9.17) is 4.12 Å². The van der Waals surface area contributed by atoms with Gasteiger partial charge in [0, 0.05) is 0 Å². The molecule has 1 rings (SSSR count). The minimum Gasteiger partial charge on any atom is -0.453 e. The van der Waals surface area contributed by atoms with E-state index in [9.17, 15) is 0 Å². The smallest absolute Gasteiger partial charge is 0.256 e. The molecule has 0 atom stereocenters. The molecule has 2 radical (unpaired) electrons. The Labute approximate surface area is 77.8 Å². The molecular weight excluding hydrogens is 180 g/mol. The highest BCUT2D eigenvalue weighted by Crippen LogP contribution is 2.00. The summed E-state index contributed by atoms with van der Waals surface area (Å²) < 4.78 is 5.78. The number of benzene rings is 1. The first-order valence-corrected chi connectivity index (χ1v) is 8.39. The van der Waals surface area contributed by atoms with Crippen molar-refractivity contribution < 1.29 is 4.12 Å². The largest absolute Gasteiger partial charge is 0.453 e. The van der Waals surface area contributed by atoms with Crippen LogP contribution in [0.5, 0.6) is 0 Å². The summed E-state index contributed by atoms with van der Waals surface area (Å²) in [7, 11) is -0.810. The van der Waals surface area contributed by atoms with E-state index < -0.39 is 8.32 Å². The Morgan fingerprint density at radius 2 is 1.67 bits per heavy atom. The molecule has 0 aliphatic heterocycles. The van der Waals surface area contributed by atoms with Gasteiger partial charge in [0.05, 0.1) is 0 Å². The second-order valence-corrected chi connectivity index (χ2v) is 9.51. The summed E-state index contributed by atoms with van der Waals surface area (Å²) in [5, 5.41) is 1.29. The summed E-state index contributed by atoms with van der Waals surface area (Å²) in [5.74, 6) is 0. The van der Waals surface area contributed by atoms with Gasteiger partial charge >= 0.3 is 0 Å². The number of hydrogen-bond acceptors (Lipinski definition) is 1. The van der Waals surface area contributed by atoms with Crippen LogP contribution in [0.3, 0.4) is 0 Å². The zero-order valence-corrected chi connectivity index (χ0v) is 9.79. The van der Waals surface area contributed by atoms with E-state index in [1.54, 1.807) is 0 Å². The molecule has 3 heteroatoms. The Hall–Kier alpha value is -0.386. The fraction of sp³-hybridized carbons (Fsp3) is 0.333. The topological polar surface area (TPSA) is 9.23 Å². The van der Waals surface area contributed by atoms with Crippen LogP contribution < -0.4 is 5.19 Å². The lowest BCUT2D eigenvalue weighted by Gasteiger charge is -2.16. The van der Waals surface area contributed by atoms with Crippen molar-refractivity contribution in [2.75, 3.05) is 0 Å². The van der Waals surface area contributed by atoms with Crippen molar-refractivity contribution in [3.63, 3.8) is 0 Å². The molecule has 0 N–H and O–H groups in total. The summed E-state index contributed by atoms with van der Waals surface area (Å²) in [6.45, 7) is 6.63. The van der Waals surface area contributed by atoms with Gasteiger partial charge in [-0.15, -0.1) is 0 Å². The van der Waals surface area contributed by atoms with Crippen molar-refractivity contribution in [2.45, 2.75) is 19.6 Å². The van der Waals surface area contributed by atoms with Crippen LogP contribution in [-0.2, 0) is 4.12 Å². The van der Waals surface area contributed by atoms with Gasteiger partial charge in [-0.25, -0.2) is 0 Å². The second kappa shape index (κ2) is 4.02. The van der Waals surface area contributed by atoms with E-state index in [0.717, 1.165) is 0 Å². The number of rotatable bonds is 3. The highest BCUT2D eigenvalue weighted by molar-refractivity contribution is 6.75. The predicted octanol–water partition coefficient (Wildman–Crippen LogP) is 1.78. The molecule has 1 aromatic rings. The molecule has 0 saturated carbocycles. The molecule has 64 valence electrons. The molecule has 0 spiro atoms. The minimum absolute atomic E-state index is 0.518. The Kier molecular flexibility index (Phi) is 3.25. The SMILES string of the molecule is C[Si](C)(C)O[Si]c1ccccc1. The van der Waals surface area contributed by atoms with Crippen LogP contribution in [0.15, 0.2) is 30.3 Å². The molecule has 0 fully saturated rings. The molecule has 12 heavy (non-hydrogen) atoms. The van der Waals surface area contributed by atoms with Gasteiger partial charge in [-0.2, -0.15) is 0 Å². The molecule has 0 heterocycles. The lowest BCUT2D eigenvalue weighted by molar-refractivity contribution is 0.608. The van der Waals surface area contributed by atoms with Crippen LogP contribution in [-0.4, -0.2) is 18.1 Å². The summed E-state index contributed by atoms with van der Waals surface area (Å²) in [6, 6.07) is 10.4. The lowest BCUT2D eigenvalue weighted by atomic mass is 10.4. The summed E-state index contributed by atoms with van der Waals surface area (Å²) in [5.41, 5.74) is 0. The fourth-order valence-corrected chi connectivity index (χ4v) is 2.74. The highest BCUT2D eigenvalue weighted by atomic mass is 28.4. The van der Waals surface area contributed by atoms with E-state index >= 15 is 0 Å². The van der Waals surface area contributed by atoms with Crippen molar-refractivity contribution in [3.05, 3.63) is 30.3 Å². The predicted molar refractivity (Wildman–Crippen MR) is 56.3 cm³/mol. The first-order valence-electron chi connectivity index (χ1n) is 4.07. The van der Waals surface area contributed by atoms with E-state index in [-0.39, 0.29) is 0 Å². The van der Waals surface area contributed by atoms with Gasteiger partial charge in [-0.05, 0) is 24.8 Å². The van der Waals surface area contributed by atoms with Gasteiger partial charge in [0.15, 0.2) is 8.32 Å². The molecule has 0 saturated heterocycles. The maximum atomic E-state index is 5.78. The Balaban J connectivity index is 2.44. The lowest BCUT2D eigenvalue weighted by Crippen LogP contribution is -2.32. The zero-order chi connectivity index (χ0) is 9.03. The van der Waals surface area contributed by atoms with E-state index in [2.05, 4.69) is 43.9 Å². The molecule has 1 nitrogen and oxygen atoms in total. The normalized spacial score (nSPS) is 11.6. The van der Waals surface area contributed by atoms with Crippen molar-refractivity contribution in [1.82, 2.24) is 0 Å². The fourth-order valence-electron chi connectivity index (χ4n) is 0.718. The second-order valence-electron chi connectivity index (χ2n) is 3.68. The average Bonchev–Trinajstić information content (AvgIpc) is 2.02. The molecule has 0 bridgehead atoms. The first-order chi connectivity index (χ1) is 5.58. The van der Waals surface area contributed by atoms with Crippen LogP contribution in [0.4, 0.5) is 0 Å². The molecule has 0 aliphatic rings.